The summed E-state index contributed by atoms with van der Waals surface area (Å²) in [7, 11) is 0. The maximum Gasteiger partial charge on any atom is 0.256 e. The number of pyridine rings is 1. The van der Waals surface area contributed by atoms with Gasteiger partial charge in [-0.3, -0.25) is 4.79 Å². The van der Waals surface area contributed by atoms with Gasteiger partial charge in [0.1, 0.15) is 0 Å². The molecular formula is C13H8BrNO. The Bertz CT molecular complexity index is 746. The largest absolute Gasteiger partial charge is 0.320 e. The van der Waals surface area contributed by atoms with E-state index in [0.29, 0.717) is 0 Å². The molecule has 1 aromatic heterocycles. The van der Waals surface area contributed by atoms with E-state index in [2.05, 4.69) is 20.9 Å². The minimum atomic E-state index is -0.0463. The standard InChI is InChI=1S/C13H8BrNO/c14-11-7-3-6-9-8-4-1-2-5-10(8)13(16)15-12(9)11/h1-7H,(H,15,16). The van der Waals surface area contributed by atoms with Crippen molar-refractivity contribution in [1.29, 1.82) is 0 Å². The van der Waals surface area contributed by atoms with Crippen LogP contribution in [0.25, 0.3) is 21.7 Å². The summed E-state index contributed by atoms with van der Waals surface area (Å²) in [5.41, 5.74) is 0.807. The first-order valence-corrected chi connectivity index (χ1v) is 5.76. The van der Waals surface area contributed by atoms with Gasteiger partial charge in [0.05, 0.1) is 5.52 Å². The average Bonchev–Trinajstić information content (AvgIpc) is 2.31. The van der Waals surface area contributed by atoms with Crippen molar-refractivity contribution in [2.24, 2.45) is 0 Å². The Kier molecular flexibility index (Phi) is 2.07. The zero-order valence-electron chi connectivity index (χ0n) is 8.33. The second kappa shape index (κ2) is 3.46. The van der Waals surface area contributed by atoms with E-state index < -0.39 is 0 Å². The van der Waals surface area contributed by atoms with Crippen LogP contribution in [0.5, 0.6) is 0 Å². The minimum absolute atomic E-state index is 0.0463. The highest BCUT2D eigenvalue weighted by atomic mass is 79.9. The predicted molar refractivity (Wildman–Crippen MR) is 69.8 cm³/mol. The first-order valence-electron chi connectivity index (χ1n) is 4.96. The number of hydrogen-bond acceptors (Lipinski definition) is 1. The van der Waals surface area contributed by atoms with Crippen LogP contribution in [0.2, 0.25) is 0 Å². The van der Waals surface area contributed by atoms with Crippen LogP contribution in [0.15, 0.2) is 51.7 Å². The van der Waals surface area contributed by atoms with Crippen LogP contribution >= 0.6 is 15.9 Å². The molecule has 0 atom stereocenters. The molecule has 0 saturated heterocycles. The van der Waals surface area contributed by atoms with Crippen LogP contribution in [0.4, 0.5) is 0 Å². The molecule has 0 bridgehead atoms. The van der Waals surface area contributed by atoms with Gasteiger partial charge in [-0.05, 0) is 33.4 Å². The number of benzene rings is 2. The zero-order chi connectivity index (χ0) is 11.1. The van der Waals surface area contributed by atoms with Crippen LogP contribution in [0.1, 0.15) is 0 Å². The molecule has 0 amide bonds. The van der Waals surface area contributed by atoms with Gasteiger partial charge in [-0.25, -0.2) is 0 Å². The lowest BCUT2D eigenvalue weighted by Crippen LogP contribution is -2.06. The highest BCUT2D eigenvalue weighted by molar-refractivity contribution is 9.10. The van der Waals surface area contributed by atoms with Crippen LogP contribution in [-0.2, 0) is 0 Å². The molecule has 3 heteroatoms. The summed E-state index contributed by atoms with van der Waals surface area (Å²) in [4.78, 5) is 14.8. The Morgan fingerprint density at radius 3 is 2.38 bits per heavy atom. The highest BCUT2D eigenvalue weighted by Gasteiger charge is 2.05. The minimum Gasteiger partial charge on any atom is -0.320 e. The average molecular weight is 274 g/mol. The van der Waals surface area contributed by atoms with E-state index in [9.17, 15) is 4.79 Å². The number of rotatable bonds is 0. The molecule has 1 heterocycles. The Morgan fingerprint density at radius 2 is 1.56 bits per heavy atom. The lowest BCUT2D eigenvalue weighted by molar-refractivity contribution is 1.34. The zero-order valence-corrected chi connectivity index (χ0v) is 9.91. The first-order chi connectivity index (χ1) is 7.77. The van der Waals surface area contributed by atoms with E-state index in [1.54, 1.807) is 0 Å². The first kappa shape index (κ1) is 9.60. The van der Waals surface area contributed by atoms with Crippen molar-refractivity contribution < 1.29 is 0 Å². The molecule has 0 unspecified atom stereocenters. The molecule has 0 spiro atoms. The number of nitrogens with one attached hydrogen (secondary N) is 1. The second-order valence-electron chi connectivity index (χ2n) is 3.66. The van der Waals surface area contributed by atoms with Gasteiger partial charge < -0.3 is 4.98 Å². The summed E-state index contributed by atoms with van der Waals surface area (Å²) in [5.74, 6) is 0. The van der Waals surface area contributed by atoms with Gasteiger partial charge in [-0.2, -0.15) is 0 Å². The number of halogens is 1. The quantitative estimate of drug-likeness (QED) is 0.626. The topological polar surface area (TPSA) is 32.9 Å². The van der Waals surface area contributed by atoms with E-state index in [0.717, 1.165) is 26.1 Å². The lowest BCUT2D eigenvalue weighted by Gasteiger charge is -2.04. The maximum absolute atomic E-state index is 11.9. The number of para-hydroxylation sites is 1. The van der Waals surface area contributed by atoms with Crippen LogP contribution in [0.3, 0.4) is 0 Å². The van der Waals surface area contributed by atoms with Crippen molar-refractivity contribution in [2.75, 3.05) is 0 Å². The molecule has 2 aromatic carbocycles. The van der Waals surface area contributed by atoms with Crippen molar-refractivity contribution >= 4 is 37.6 Å². The molecule has 3 aromatic rings. The van der Waals surface area contributed by atoms with Gasteiger partial charge in [-0.15, -0.1) is 0 Å². The fraction of sp³-hybridized carbons (Fsp3) is 0. The summed E-state index contributed by atoms with van der Waals surface area (Å²) in [6, 6.07) is 13.5. The molecule has 0 radical (unpaired) electrons. The Hall–Kier alpha value is -1.61. The molecule has 2 nitrogen and oxygen atoms in total. The van der Waals surface area contributed by atoms with Gasteiger partial charge in [-0.1, -0.05) is 30.3 Å². The molecule has 0 aliphatic heterocycles. The summed E-state index contributed by atoms with van der Waals surface area (Å²) >= 11 is 3.45. The summed E-state index contributed by atoms with van der Waals surface area (Å²) in [5, 5.41) is 2.78. The number of H-pyrrole nitrogens is 1. The van der Waals surface area contributed by atoms with Gasteiger partial charge in [0.25, 0.3) is 5.56 Å². The van der Waals surface area contributed by atoms with Gasteiger partial charge in [0.15, 0.2) is 0 Å². The fourth-order valence-corrected chi connectivity index (χ4v) is 2.44. The van der Waals surface area contributed by atoms with Crippen molar-refractivity contribution in [3.63, 3.8) is 0 Å². The third-order valence-corrected chi connectivity index (χ3v) is 3.37. The van der Waals surface area contributed by atoms with Gasteiger partial charge in [0.2, 0.25) is 0 Å². The van der Waals surface area contributed by atoms with Crippen molar-refractivity contribution in [3.05, 3.63) is 57.3 Å². The predicted octanol–water partition coefficient (Wildman–Crippen LogP) is 3.44. The van der Waals surface area contributed by atoms with E-state index in [1.165, 1.54) is 0 Å². The second-order valence-corrected chi connectivity index (χ2v) is 4.52. The number of aromatic nitrogens is 1. The van der Waals surface area contributed by atoms with Crippen LogP contribution in [0, 0.1) is 0 Å². The maximum atomic E-state index is 11.9. The van der Waals surface area contributed by atoms with Crippen molar-refractivity contribution in [1.82, 2.24) is 4.98 Å². The van der Waals surface area contributed by atoms with E-state index in [-0.39, 0.29) is 5.56 Å². The smallest absolute Gasteiger partial charge is 0.256 e. The Morgan fingerprint density at radius 1 is 0.875 bits per heavy atom. The Labute approximate surface area is 100 Å². The van der Waals surface area contributed by atoms with E-state index in [4.69, 9.17) is 0 Å². The summed E-state index contributed by atoms with van der Waals surface area (Å²) < 4.78 is 0.910. The third-order valence-electron chi connectivity index (χ3n) is 2.71. The van der Waals surface area contributed by atoms with Gasteiger partial charge in [0, 0.05) is 15.2 Å². The molecule has 0 aliphatic rings. The summed E-state index contributed by atoms with van der Waals surface area (Å²) in [6.07, 6.45) is 0. The Balaban J connectivity index is 2.70. The molecule has 0 aliphatic carbocycles. The molecule has 1 N–H and O–H groups in total. The molecule has 0 saturated carbocycles. The monoisotopic (exact) mass is 273 g/mol. The molecule has 78 valence electrons. The highest BCUT2D eigenvalue weighted by Crippen LogP contribution is 2.26. The number of hydrogen-bond donors (Lipinski definition) is 1. The van der Waals surface area contributed by atoms with Gasteiger partial charge >= 0.3 is 0 Å². The molecule has 0 fully saturated rings. The lowest BCUT2D eigenvalue weighted by atomic mass is 10.1. The van der Waals surface area contributed by atoms with E-state index >= 15 is 0 Å². The number of aromatic amines is 1. The molecular weight excluding hydrogens is 266 g/mol. The van der Waals surface area contributed by atoms with Crippen LogP contribution in [-0.4, -0.2) is 4.98 Å². The summed E-state index contributed by atoms with van der Waals surface area (Å²) in [6.45, 7) is 0. The third kappa shape index (κ3) is 1.28. The SMILES string of the molecule is O=c1[nH]c2c(Br)cccc2c2ccccc12. The van der Waals surface area contributed by atoms with Crippen molar-refractivity contribution in [2.45, 2.75) is 0 Å². The van der Waals surface area contributed by atoms with Crippen LogP contribution < -0.4 is 5.56 Å². The molecule has 16 heavy (non-hydrogen) atoms. The van der Waals surface area contributed by atoms with Crippen molar-refractivity contribution in [3.8, 4) is 0 Å². The fourth-order valence-electron chi connectivity index (χ4n) is 1.97. The molecule has 3 rings (SSSR count). The normalized spacial score (nSPS) is 11.1. The number of fused-ring (bicyclic) bond motifs is 3. The van der Waals surface area contributed by atoms with E-state index in [1.807, 2.05) is 42.5 Å².